The van der Waals surface area contributed by atoms with Gasteiger partial charge in [0.05, 0.1) is 0 Å². The molecule has 13 heavy (non-hydrogen) atoms. The fraction of sp³-hybridized carbons (Fsp3) is 0.500. The van der Waals surface area contributed by atoms with E-state index in [1.807, 2.05) is 0 Å². The van der Waals surface area contributed by atoms with E-state index in [1.54, 1.807) is 0 Å². The summed E-state index contributed by atoms with van der Waals surface area (Å²) in [5, 5.41) is 0.399. The third-order valence-corrected chi connectivity index (χ3v) is 3.14. The lowest BCUT2D eigenvalue weighted by atomic mass is 9.96. The highest BCUT2D eigenvalue weighted by Crippen LogP contribution is 2.29. The molecule has 0 aliphatic carbocycles. The lowest BCUT2D eigenvalue weighted by molar-refractivity contribution is 0.872. The molecule has 0 heterocycles. The monoisotopic (exact) mass is 194 g/mol. The summed E-state index contributed by atoms with van der Waals surface area (Å²) in [7, 11) is 0. The second kappa shape index (κ2) is 4.71. The standard InChI is InChI=1S/C12H18S/c1-4-10-8-6-7-9(3)12(10)11(13)5-2/h6-8,11,13H,4-5H2,1-3H3/t11-/m1/s1. The van der Waals surface area contributed by atoms with Crippen molar-refractivity contribution in [2.75, 3.05) is 0 Å². The summed E-state index contributed by atoms with van der Waals surface area (Å²) in [5.41, 5.74) is 4.26. The van der Waals surface area contributed by atoms with Crippen molar-refractivity contribution in [3.8, 4) is 0 Å². The third kappa shape index (κ3) is 2.28. The van der Waals surface area contributed by atoms with Crippen LogP contribution in [0.4, 0.5) is 0 Å². The van der Waals surface area contributed by atoms with Gasteiger partial charge in [0.15, 0.2) is 0 Å². The van der Waals surface area contributed by atoms with Crippen molar-refractivity contribution in [3.63, 3.8) is 0 Å². The molecule has 0 amide bonds. The van der Waals surface area contributed by atoms with Crippen molar-refractivity contribution < 1.29 is 0 Å². The summed E-state index contributed by atoms with van der Waals surface area (Å²) < 4.78 is 0. The molecule has 0 nitrogen and oxygen atoms in total. The van der Waals surface area contributed by atoms with E-state index in [0.29, 0.717) is 5.25 Å². The second-order valence-corrected chi connectivity index (χ2v) is 4.05. The lowest BCUT2D eigenvalue weighted by Gasteiger charge is -2.16. The molecule has 0 fully saturated rings. The van der Waals surface area contributed by atoms with Crippen LogP contribution in [0.1, 0.15) is 42.2 Å². The van der Waals surface area contributed by atoms with Crippen molar-refractivity contribution in [1.29, 1.82) is 0 Å². The zero-order valence-corrected chi connectivity index (χ0v) is 9.57. The number of aryl methyl sites for hydroxylation is 2. The van der Waals surface area contributed by atoms with E-state index >= 15 is 0 Å². The maximum Gasteiger partial charge on any atom is 0.0269 e. The van der Waals surface area contributed by atoms with E-state index < -0.39 is 0 Å². The van der Waals surface area contributed by atoms with Gasteiger partial charge in [-0.3, -0.25) is 0 Å². The molecule has 72 valence electrons. The molecule has 0 unspecified atom stereocenters. The molecular weight excluding hydrogens is 176 g/mol. The summed E-state index contributed by atoms with van der Waals surface area (Å²) in [5.74, 6) is 0. The summed E-state index contributed by atoms with van der Waals surface area (Å²) in [6, 6.07) is 6.52. The van der Waals surface area contributed by atoms with E-state index in [-0.39, 0.29) is 0 Å². The van der Waals surface area contributed by atoms with E-state index in [4.69, 9.17) is 0 Å². The highest BCUT2D eigenvalue weighted by atomic mass is 32.1. The first kappa shape index (κ1) is 10.6. The first-order valence-corrected chi connectivity index (χ1v) is 5.48. The molecule has 1 heteroatoms. The Labute approximate surface area is 86.8 Å². The Bertz CT molecular complexity index is 278. The third-order valence-electron chi connectivity index (χ3n) is 2.52. The molecule has 0 aliphatic rings. The Hall–Kier alpha value is -0.430. The predicted molar refractivity (Wildman–Crippen MR) is 62.6 cm³/mol. The molecule has 1 aromatic carbocycles. The highest BCUT2D eigenvalue weighted by Gasteiger charge is 2.10. The van der Waals surface area contributed by atoms with Gasteiger partial charge in [0.25, 0.3) is 0 Å². The Morgan fingerprint density at radius 3 is 2.54 bits per heavy atom. The van der Waals surface area contributed by atoms with Crippen LogP contribution >= 0.6 is 12.6 Å². The van der Waals surface area contributed by atoms with Crippen molar-refractivity contribution in [2.45, 2.75) is 38.9 Å². The molecule has 0 spiro atoms. The summed E-state index contributed by atoms with van der Waals surface area (Å²) in [4.78, 5) is 0. The molecule has 0 saturated heterocycles. The number of thiol groups is 1. The van der Waals surface area contributed by atoms with Crippen LogP contribution in [0.25, 0.3) is 0 Å². The zero-order valence-electron chi connectivity index (χ0n) is 8.67. The summed E-state index contributed by atoms with van der Waals surface area (Å²) in [6.45, 7) is 6.56. The van der Waals surface area contributed by atoms with Crippen LogP contribution in [0.3, 0.4) is 0 Å². The Balaban J connectivity index is 3.14. The van der Waals surface area contributed by atoms with Crippen LogP contribution < -0.4 is 0 Å². The first-order valence-electron chi connectivity index (χ1n) is 4.97. The van der Waals surface area contributed by atoms with Crippen LogP contribution in [0, 0.1) is 6.92 Å². The Morgan fingerprint density at radius 2 is 2.00 bits per heavy atom. The average molecular weight is 194 g/mol. The van der Waals surface area contributed by atoms with E-state index in [1.165, 1.54) is 16.7 Å². The molecule has 0 N–H and O–H groups in total. The van der Waals surface area contributed by atoms with E-state index in [0.717, 1.165) is 12.8 Å². The number of rotatable bonds is 3. The quantitative estimate of drug-likeness (QED) is 0.692. The van der Waals surface area contributed by atoms with Gasteiger partial charge in [-0.05, 0) is 36.5 Å². The topological polar surface area (TPSA) is 0 Å². The molecule has 0 radical (unpaired) electrons. The van der Waals surface area contributed by atoms with Crippen LogP contribution in [0.5, 0.6) is 0 Å². The fourth-order valence-corrected chi connectivity index (χ4v) is 2.10. The minimum atomic E-state index is 0.399. The molecule has 0 aromatic heterocycles. The van der Waals surface area contributed by atoms with Crippen LogP contribution in [-0.2, 0) is 6.42 Å². The number of benzene rings is 1. The highest BCUT2D eigenvalue weighted by molar-refractivity contribution is 7.80. The molecule has 1 rings (SSSR count). The Kier molecular flexibility index (Phi) is 3.86. The first-order chi connectivity index (χ1) is 6.20. The van der Waals surface area contributed by atoms with E-state index in [2.05, 4.69) is 51.6 Å². The van der Waals surface area contributed by atoms with Crippen LogP contribution in [0.2, 0.25) is 0 Å². The van der Waals surface area contributed by atoms with Gasteiger partial charge in [0, 0.05) is 5.25 Å². The maximum atomic E-state index is 4.61. The number of hydrogen-bond acceptors (Lipinski definition) is 1. The Morgan fingerprint density at radius 1 is 1.31 bits per heavy atom. The molecule has 0 saturated carbocycles. The van der Waals surface area contributed by atoms with Crippen molar-refractivity contribution in [1.82, 2.24) is 0 Å². The normalized spacial score (nSPS) is 12.9. The van der Waals surface area contributed by atoms with Gasteiger partial charge in [-0.1, -0.05) is 32.0 Å². The SMILES string of the molecule is CCc1cccc(C)c1[C@H](S)CC. The minimum absolute atomic E-state index is 0.399. The van der Waals surface area contributed by atoms with Gasteiger partial charge in [0.2, 0.25) is 0 Å². The van der Waals surface area contributed by atoms with Crippen LogP contribution in [0.15, 0.2) is 18.2 Å². The van der Waals surface area contributed by atoms with Gasteiger partial charge < -0.3 is 0 Å². The summed E-state index contributed by atoms with van der Waals surface area (Å²) >= 11 is 4.61. The number of hydrogen-bond donors (Lipinski definition) is 1. The van der Waals surface area contributed by atoms with Crippen molar-refractivity contribution >= 4 is 12.6 Å². The van der Waals surface area contributed by atoms with Gasteiger partial charge in [-0.15, -0.1) is 0 Å². The van der Waals surface area contributed by atoms with Gasteiger partial charge in [-0.2, -0.15) is 12.6 Å². The van der Waals surface area contributed by atoms with E-state index in [9.17, 15) is 0 Å². The van der Waals surface area contributed by atoms with Gasteiger partial charge >= 0.3 is 0 Å². The second-order valence-electron chi connectivity index (χ2n) is 3.43. The molecule has 0 aliphatic heterocycles. The largest absolute Gasteiger partial charge is 0.171 e. The lowest BCUT2D eigenvalue weighted by Crippen LogP contribution is -1.98. The summed E-state index contributed by atoms with van der Waals surface area (Å²) in [6.07, 6.45) is 2.20. The molecule has 1 aromatic rings. The fourth-order valence-electron chi connectivity index (χ4n) is 1.73. The predicted octanol–water partition coefficient (Wildman–Crippen LogP) is 3.94. The zero-order chi connectivity index (χ0) is 9.84. The molecular formula is C12H18S. The van der Waals surface area contributed by atoms with Crippen molar-refractivity contribution in [2.24, 2.45) is 0 Å². The van der Waals surface area contributed by atoms with Crippen molar-refractivity contribution in [3.05, 3.63) is 34.9 Å². The molecule has 1 atom stereocenters. The van der Waals surface area contributed by atoms with Crippen LogP contribution in [-0.4, -0.2) is 0 Å². The van der Waals surface area contributed by atoms with Gasteiger partial charge in [-0.25, -0.2) is 0 Å². The minimum Gasteiger partial charge on any atom is -0.171 e. The smallest absolute Gasteiger partial charge is 0.0269 e. The van der Waals surface area contributed by atoms with Gasteiger partial charge in [0.1, 0.15) is 0 Å². The molecule has 0 bridgehead atoms. The average Bonchev–Trinajstić information content (AvgIpc) is 2.16. The maximum absolute atomic E-state index is 4.61.